The number of rotatable bonds is 6. The van der Waals surface area contributed by atoms with Crippen LogP contribution in [0.15, 0.2) is 30.3 Å². The van der Waals surface area contributed by atoms with Gasteiger partial charge in [0.05, 0.1) is 12.6 Å². The summed E-state index contributed by atoms with van der Waals surface area (Å²) < 4.78 is 29.7. The molecule has 4 rings (SSSR count). The predicted octanol–water partition coefficient (Wildman–Crippen LogP) is 2.31. The van der Waals surface area contributed by atoms with E-state index in [1.54, 1.807) is 0 Å². The molecule has 8 nitrogen and oxygen atoms in total. The smallest absolute Gasteiger partial charge is 0.315 e. The van der Waals surface area contributed by atoms with Gasteiger partial charge in [-0.3, -0.25) is 0 Å². The Labute approximate surface area is 177 Å². The van der Waals surface area contributed by atoms with Gasteiger partial charge in [-0.1, -0.05) is 30.3 Å². The minimum atomic E-state index is -0.765. The van der Waals surface area contributed by atoms with E-state index in [4.69, 9.17) is 23.7 Å². The van der Waals surface area contributed by atoms with Gasteiger partial charge in [-0.15, -0.1) is 0 Å². The Bertz CT molecular complexity index is 740. The number of carbonyl (C=O) groups excluding carboxylic acids is 1. The Balaban J connectivity index is 1.33. The summed E-state index contributed by atoms with van der Waals surface area (Å²) in [7, 11) is 0. The van der Waals surface area contributed by atoms with Crippen LogP contribution in [0.2, 0.25) is 0 Å². The monoisotopic (exact) mass is 420 g/mol. The maximum absolute atomic E-state index is 12.6. The number of aryl methyl sites for hydroxylation is 1. The van der Waals surface area contributed by atoms with Crippen molar-refractivity contribution in [1.82, 2.24) is 10.6 Å². The Kier molecular flexibility index (Phi) is 6.05. The summed E-state index contributed by atoms with van der Waals surface area (Å²) in [4.78, 5) is 12.6. The molecule has 3 aliphatic rings. The molecule has 0 aliphatic carbocycles. The standard InChI is InChI=1S/C22H32N2O6/c1-21(2)26-13-15(28-21)17-16(18-19(27-17)30-22(3,4)29-18)24-20(25)23-12-8-11-14-9-6-5-7-10-14/h5-7,9-10,15-19H,8,11-13H2,1-4H3,(H2,23,24,25)/t15-,16-,17-,18-,19-/m1/s1. The van der Waals surface area contributed by atoms with Crippen molar-refractivity contribution in [3.63, 3.8) is 0 Å². The molecule has 0 unspecified atom stereocenters. The topological polar surface area (TPSA) is 87.3 Å². The van der Waals surface area contributed by atoms with Gasteiger partial charge < -0.3 is 34.3 Å². The van der Waals surface area contributed by atoms with Gasteiger partial charge in [-0.2, -0.15) is 0 Å². The van der Waals surface area contributed by atoms with E-state index in [-0.39, 0.29) is 12.1 Å². The van der Waals surface area contributed by atoms with Crippen molar-refractivity contribution >= 4 is 6.03 Å². The van der Waals surface area contributed by atoms with Crippen LogP contribution in [0.4, 0.5) is 4.79 Å². The van der Waals surface area contributed by atoms with E-state index in [9.17, 15) is 4.79 Å². The van der Waals surface area contributed by atoms with E-state index in [2.05, 4.69) is 22.8 Å². The third kappa shape index (κ3) is 4.95. The van der Waals surface area contributed by atoms with Crippen LogP contribution in [0.25, 0.3) is 0 Å². The summed E-state index contributed by atoms with van der Waals surface area (Å²) in [6.45, 7) is 8.36. The normalized spacial score (nSPS) is 33.9. The molecular formula is C22H32N2O6. The highest BCUT2D eigenvalue weighted by molar-refractivity contribution is 5.74. The molecule has 0 bridgehead atoms. The average Bonchev–Trinajstić information content (AvgIpc) is 3.29. The highest BCUT2D eigenvalue weighted by atomic mass is 16.8. The maximum Gasteiger partial charge on any atom is 0.315 e. The molecule has 30 heavy (non-hydrogen) atoms. The third-order valence-corrected chi connectivity index (χ3v) is 5.55. The second-order valence-corrected chi connectivity index (χ2v) is 8.95. The summed E-state index contributed by atoms with van der Waals surface area (Å²) in [6, 6.07) is 9.55. The van der Waals surface area contributed by atoms with Crippen molar-refractivity contribution in [2.45, 2.75) is 82.8 Å². The van der Waals surface area contributed by atoms with Crippen molar-refractivity contribution in [1.29, 1.82) is 0 Å². The van der Waals surface area contributed by atoms with Crippen LogP contribution in [0.5, 0.6) is 0 Å². The summed E-state index contributed by atoms with van der Waals surface area (Å²) in [5.74, 6) is -1.45. The fourth-order valence-corrected chi connectivity index (χ4v) is 4.23. The van der Waals surface area contributed by atoms with Crippen LogP contribution >= 0.6 is 0 Å². The van der Waals surface area contributed by atoms with Gasteiger partial charge in [0.25, 0.3) is 0 Å². The van der Waals surface area contributed by atoms with E-state index in [0.29, 0.717) is 13.2 Å². The van der Waals surface area contributed by atoms with Crippen LogP contribution in [-0.4, -0.2) is 61.4 Å². The van der Waals surface area contributed by atoms with Crippen molar-refractivity contribution in [2.24, 2.45) is 0 Å². The van der Waals surface area contributed by atoms with Gasteiger partial charge in [0.2, 0.25) is 0 Å². The Morgan fingerprint density at radius 3 is 2.50 bits per heavy atom. The molecule has 166 valence electrons. The Morgan fingerprint density at radius 1 is 1.03 bits per heavy atom. The molecule has 3 fully saturated rings. The SMILES string of the molecule is CC1(C)O[C@H]2O[C@H]([C@H]3COC(C)(C)O3)[C@@H](NC(=O)NCCCc3ccccc3)[C@H]2O1. The number of ether oxygens (including phenoxy) is 5. The number of benzene rings is 1. The highest BCUT2D eigenvalue weighted by Crippen LogP contribution is 2.40. The molecule has 2 amide bonds. The summed E-state index contributed by atoms with van der Waals surface area (Å²) in [6.07, 6.45) is 0.0634. The van der Waals surface area contributed by atoms with Crippen molar-refractivity contribution in [2.75, 3.05) is 13.2 Å². The molecule has 3 aliphatic heterocycles. The third-order valence-electron chi connectivity index (χ3n) is 5.55. The van der Waals surface area contributed by atoms with Gasteiger partial charge in [-0.05, 0) is 46.1 Å². The lowest BCUT2D eigenvalue weighted by Gasteiger charge is -2.29. The molecule has 3 heterocycles. The van der Waals surface area contributed by atoms with Gasteiger partial charge >= 0.3 is 6.03 Å². The lowest BCUT2D eigenvalue weighted by atomic mass is 10.0. The van der Waals surface area contributed by atoms with Crippen molar-refractivity contribution in [3.05, 3.63) is 35.9 Å². The average molecular weight is 421 g/mol. The molecule has 8 heteroatoms. The van der Waals surface area contributed by atoms with Gasteiger partial charge in [0.1, 0.15) is 18.3 Å². The minimum Gasteiger partial charge on any atom is -0.348 e. The number of fused-ring (bicyclic) bond motifs is 1. The Morgan fingerprint density at radius 2 is 1.80 bits per heavy atom. The van der Waals surface area contributed by atoms with Crippen LogP contribution in [0.3, 0.4) is 0 Å². The number of hydrogen-bond acceptors (Lipinski definition) is 6. The molecule has 0 aromatic heterocycles. The Hall–Kier alpha value is -1.71. The first kappa shape index (κ1) is 21.5. The van der Waals surface area contributed by atoms with E-state index in [1.807, 2.05) is 45.9 Å². The minimum absolute atomic E-state index is 0.256. The summed E-state index contributed by atoms with van der Waals surface area (Å²) in [5.41, 5.74) is 1.26. The highest BCUT2D eigenvalue weighted by Gasteiger charge is 2.58. The second kappa shape index (κ2) is 8.43. The van der Waals surface area contributed by atoms with Crippen LogP contribution in [0.1, 0.15) is 39.7 Å². The first-order chi connectivity index (χ1) is 14.2. The first-order valence-corrected chi connectivity index (χ1v) is 10.6. The quantitative estimate of drug-likeness (QED) is 0.687. The summed E-state index contributed by atoms with van der Waals surface area (Å²) >= 11 is 0. The maximum atomic E-state index is 12.6. The first-order valence-electron chi connectivity index (χ1n) is 10.6. The van der Waals surface area contributed by atoms with Crippen LogP contribution in [0, 0.1) is 0 Å². The largest absolute Gasteiger partial charge is 0.348 e. The predicted molar refractivity (Wildman–Crippen MR) is 109 cm³/mol. The lowest BCUT2D eigenvalue weighted by Crippen LogP contribution is -2.55. The van der Waals surface area contributed by atoms with Gasteiger partial charge in [0.15, 0.2) is 17.9 Å². The van der Waals surface area contributed by atoms with Crippen LogP contribution in [-0.2, 0) is 30.1 Å². The number of carbonyl (C=O) groups is 1. The molecular weight excluding hydrogens is 388 g/mol. The lowest BCUT2D eigenvalue weighted by molar-refractivity contribution is -0.223. The zero-order chi connectivity index (χ0) is 21.4. The zero-order valence-electron chi connectivity index (χ0n) is 18.1. The van der Waals surface area contributed by atoms with Gasteiger partial charge in [0, 0.05) is 6.54 Å². The fraction of sp³-hybridized carbons (Fsp3) is 0.682. The van der Waals surface area contributed by atoms with Gasteiger partial charge in [-0.25, -0.2) is 4.79 Å². The molecule has 0 saturated carbocycles. The molecule has 1 aromatic rings. The van der Waals surface area contributed by atoms with Crippen molar-refractivity contribution in [3.8, 4) is 0 Å². The number of nitrogens with one attached hydrogen (secondary N) is 2. The number of urea groups is 1. The number of hydrogen-bond donors (Lipinski definition) is 2. The molecule has 0 radical (unpaired) electrons. The molecule has 0 spiro atoms. The number of amides is 2. The molecule has 1 aromatic carbocycles. The van der Waals surface area contributed by atoms with Crippen molar-refractivity contribution < 1.29 is 28.5 Å². The van der Waals surface area contributed by atoms with E-state index < -0.39 is 36.1 Å². The molecule has 2 N–H and O–H groups in total. The molecule has 3 saturated heterocycles. The van der Waals surface area contributed by atoms with Crippen LogP contribution < -0.4 is 10.6 Å². The zero-order valence-corrected chi connectivity index (χ0v) is 18.1. The fourth-order valence-electron chi connectivity index (χ4n) is 4.23. The molecule has 5 atom stereocenters. The second-order valence-electron chi connectivity index (χ2n) is 8.95. The summed E-state index contributed by atoms with van der Waals surface area (Å²) in [5, 5.41) is 5.96. The van der Waals surface area contributed by atoms with E-state index >= 15 is 0 Å². The van der Waals surface area contributed by atoms with E-state index in [0.717, 1.165) is 12.8 Å². The van der Waals surface area contributed by atoms with E-state index in [1.165, 1.54) is 5.56 Å².